The maximum atomic E-state index is 12.4. The van der Waals surface area contributed by atoms with E-state index in [0.29, 0.717) is 11.1 Å². The molecule has 0 bridgehead atoms. The summed E-state index contributed by atoms with van der Waals surface area (Å²) in [5.74, 6) is 1.48. The van der Waals surface area contributed by atoms with E-state index in [0.717, 1.165) is 37.5 Å². The molecule has 26 heavy (non-hydrogen) atoms. The monoisotopic (exact) mass is 356 g/mol. The number of nitrogens with one attached hydrogen (secondary N) is 2. The van der Waals surface area contributed by atoms with Crippen LogP contribution >= 0.6 is 0 Å². The third-order valence-electron chi connectivity index (χ3n) is 6.11. The molecule has 1 aromatic rings. The van der Waals surface area contributed by atoms with E-state index in [1.54, 1.807) is 24.3 Å². The third-order valence-corrected chi connectivity index (χ3v) is 6.11. The van der Waals surface area contributed by atoms with E-state index in [1.807, 2.05) is 0 Å². The lowest BCUT2D eigenvalue weighted by Crippen LogP contribution is -2.38. The largest absolute Gasteiger partial charge is 0.349 e. The number of hydrogen-bond acceptors (Lipinski definition) is 2. The van der Waals surface area contributed by atoms with Crippen molar-refractivity contribution in [2.75, 3.05) is 0 Å². The van der Waals surface area contributed by atoms with Crippen LogP contribution in [0.1, 0.15) is 85.9 Å². The fourth-order valence-corrected chi connectivity index (χ4v) is 4.12. The minimum Gasteiger partial charge on any atom is -0.349 e. The third kappa shape index (κ3) is 5.09. The first-order valence-electron chi connectivity index (χ1n) is 10.2. The van der Waals surface area contributed by atoms with Crippen molar-refractivity contribution in [2.24, 2.45) is 11.8 Å². The summed E-state index contributed by atoms with van der Waals surface area (Å²) in [4.78, 5) is 24.8. The van der Waals surface area contributed by atoms with Crippen LogP contribution < -0.4 is 10.6 Å². The zero-order valence-corrected chi connectivity index (χ0v) is 16.1. The molecular formula is C22H32N2O2. The second kappa shape index (κ2) is 8.70. The molecule has 2 aliphatic rings. The molecule has 0 heterocycles. The van der Waals surface area contributed by atoms with E-state index >= 15 is 0 Å². The predicted octanol–water partition coefficient (Wildman–Crippen LogP) is 4.30. The number of benzene rings is 1. The quantitative estimate of drug-likeness (QED) is 0.845. The molecule has 0 radical (unpaired) electrons. The first kappa shape index (κ1) is 18.9. The van der Waals surface area contributed by atoms with Crippen LogP contribution in [0.4, 0.5) is 0 Å². The second-order valence-corrected chi connectivity index (χ2v) is 8.44. The van der Waals surface area contributed by atoms with Crippen molar-refractivity contribution in [1.82, 2.24) is 10.6 Å². The van der Waals surface area contributed by atoms with Crippen LogP contribution in [-0.4, -0.2) is 23.9 Å². The van der Waals surface area contributed by atoms with Gasteiger partial charge in [-0.1, -0.05) is 13.8 Å². The lowest BCUT2D eigenvalue weighted by molar-refractivity contribution is 0.0911. The highest BCUT2D eigenvalue weighted by atomic mass is 16.2. The summed E-state index contributed by atoms with van der Waals surface area (Å²) in [6, 6.07) is 7.62. The van der Waals surface area contributed by atoms with E-state index in [4.69, 9.17) is 0 Å². The van der Waals surface area contributed by atoms with Gasteiger partial charge in [-0.3, -0.25) is 9.59 Å². The van der Waals surface area contributed by atoms with E-state index < -0.39 is 0 Å². The highest BCUT2D eigenvalue weighted by molar-refractivity contribution is 5.98. The molecule has 0 saturated heterocycles. The van der Waals surface area contributed by atoms with Gasteiger partial charge in [0.05, 0.1) is 0 Å². The van der Waals surface area contributed by atoms with E-state index in [9.17, 15) is 9.59 Å². The highest BCUT2D eigenvalue weighted by Gasteiger charge is 2.22. The molecule has 1 aromatic carbocycles. The van der Waals surface area contributed by atoms with Gasteiger partial charge in [-0.2, -0.15) is 0 Å². The fourth-order valence-electron chi connectivity index (χ4n) is 4.12. The van der Waals surface area contributed by atoms with Gasteiger partial charge in [-0.15, -0.1) is 0 Å². The Bertz CT molecular complexity index is 555. The molecule has 0 aliphatic heterocycles. The minimum absolute atomic E-state index is 0.0298. The number of carbonyl (C=O) groups is 2. The van der Waals surface area contributed by atoms with Crippen LogP contribution in [0.2, 0.25) is 0 Å². The molecule has 2 fully saturated rings. The maximum absolute atomic E-state index is 12.4. The number of hydrogen-bond donors (Lipinski definition) is 2. The molecule has 0 aromatic heterocycles. The maximum Gasteiger partial charge on any atom is 0.251 e. The van der Waals surface area contributed by atoms with E-state index in [-0.39, 0.29) is 23.9 Å². The molecule has 0 spiro atoms. The molecule has 2 N–H and O–H groups in total. The summed E-state index contributed by atoms with van der Waals surface area (Å²) < 4.78 is 0. The minimum atomic E-state index is -0.0298. The number of amides is 2. The van der Waals surface area contributed by atoms with Gasteiger partial charge in [0.1, 0.15) is 0 Å². The average Bonchev–Trinajstić information content (AvgIpc) is 2.65. The van der Waals surface area contributed by atoms with Crippen molar-refractivity contribution in [2.45, 2.75) is 77.3 Å². The lowest BCUT2D eigenvalue weighted by Gasteiger charge is -2.27. The van der Waals surface area contributed by atoms with Crippen molar-refractivity contribution in [3.63, 3.8) is 0 Å². The van der Waals surface area contributed by atoms with Gasteiger partial charge < -0.3 is 10.6 Å². The first-order chi connectivity index (χ1) is 12.5. The van der Waals surface area contributed by atoms with Crippen molar-refractivity contribution < 1.29 is 9.59 Å². The zero-order valence-electron chi connectivity index (χ0n) is 16.1. The predicted molar refractivity (Wildman–Crippen MR) is 104 cm³/mol. The highest BCUT2D eigenvalue weighted by Crippen LogP contribution is 2.24. The Labute approximate surface area is 157 Å². The van der Waals surface area contributed by atoms with Crippen LogP contribution in [-0.2, 0) is 0 Å². The molecular weight excluding hydrogens is 324 g/mol. The van der Waals surface area contributed by atoms with Crippen molar-refractivity contribution >= 4 is 11.8 Å². The number of carbonyl (C=O) groups excluding carboxylic acids is 2. The molecule has 2 amide bonds. The summed E-state index contributed by atoms with van der Waals surface area (Å²) >= 11 is 0. The Morgan fingerprint density at radius 3 is 1.27 bits per heavy atom. The molecule has 0 unspecified atom stereocenters. The van der Waals surface area contributed by atoms with Crippen molar-refractivity contribution in [1.29, 1.82) is 0 Å². The molecule has 2 aliphatic carbocycles. The normalized spacial score (nSPS) is 29.0. The van der Waals surface area contributed by atoms with Gasteiger partial charge in [0.15, 0.2) is 0 Å². The fraction of sp³-hybridized carbons (Fsp3) is 0.636. The Hall–Kier alpha value is -1.84. The van der Waals surface area contributed by atoms with Gasteiger partial charge in [-0.25, -0.2) is 0 Å². The molecule has 2 saturated carbocycles. The Kier molecular flexibility index (Phi) is 6.33. The summed E-state index contributed by atoms with van der Waals surface area (Å²) in [5, 5.41) is 6.27. The average molecular weight is 357 g/mol. The van der Waals surface area contributed by atoms with E-state index in [1.165, 1.54) is 25.7 Å². The van der Waals surface area contributed by atoms with Crippen LogP contribution in [0, 0.1) is 11.8 Å². The Balaban J connectivity index is 1.51. The van der Waals surface area contributed by atoms with Crippen molar-refractivity contribution in [3.05, 3.63) is 35.4 Å². The van der Waals surface area contributed by atoms with Crippen molar-refractivity contribution in [3.8, 4) is 0 Å². The lowest BCUT2D eigenvalue weighted by atomic mass is 9.87. The van der Waals surface area contributed by atoms with Gasteiger partial charge in [0.2, 0.25) is 0 Å². The van der Waals surface area contributed by atoms with Crippen LogP contribution in [0.5, 0.6) is 0 Å². The van der Waals surface area contributed by atoms with Crippen LogP contribution in [0.3, 0.4) is 0 Å². The number of rotatable bonds is 4. The van der Waals surface area contributed by atoms with Crippen LogP contribution in [0.25, 0.3) is 0 Å². The van der Waals surface area contributed by atoms with E-state index in [2.05, 4.69) is 24.5 Å². The standard InChI is InChI=1S/C22H32N2O2/c1-15-3-11-19(12-4-15)23-21(25)17-7-9-18(10-8-17)22(26)24-20-13-5-16(2)6-14-20/h7-10,15-16,19-20H,3-6,11-14H2,1-2H3,(H,23,25)(H,24,26). The molecule has 4 nitrogen and oxygen atoms in total. The molecule has 0 atom stereocenters. The zero-order chi connectivity index (χ0) is 18.5. The topological polar surface area (TPSA) is 58.2 Å². The molecule has 142 valence electrons. The first-order valence-corrected chi connectivity index (χ1v) is 10.2. The summed E-state index contributed by atoms with van der Waals surface area (Å²) in [7, 11) is 0. The van der Waals surface area contributed by atoms with Gasteiger partial charge in [0, 0.05) is 23.2 Å². The Morgan fingerprint density at radius 1 is 0.654 bits per heavy atom. The summed E-state index contributed by atoms with van der Waals surface area (Å²) in [5.41, 5.74) is 1.26. The Morgan fingerprint density at radius 2 is 0.962 bits per heavy atom. The van der Waals surface area contributed by atoms with Gasteiger partial charge in [0.25, 0.3) is 11.8 Å². The smallest absolute Gasteiger partial charge is 0.251 e. The molecule has 3 rings (SSSR count). The second-order valence-electron chi connectivity index (χ2n) is 8.44. The van der Waals surface area contributed by atoms with Gasteiger partial charge >= 0.3 is 0 Å². The summed E-state index contributed by atoms with van der Waals surface area (Å²) in [6.45, 7) is 4.55. The molecule has 4 heteroatoms. The SMILES string of the molecule is CC1CCC(NC(=O)c2ccc(C(=O)NC3CCC(C)CC3)cc2)CC1. The van der Waals surface area contributed by atoms with Crippen LogP contribution in [0.15, 0.2) is 24.3 Å². The van der Waals surface area contributed by atoms with Gasteiger partial charge in [-0.05, 0) is 87.5 Å². The summed E-state index contributed by atoms with van der Waals surface area (Å²) in [6.07, 6.45) is 8.99.